The quantitative estimate of drug-likeness (QED) is 0.888. The zero-order chi connectivity index (χ0) is 15.5. The number of benzene rings is 1. The van der Waals surface area contributed by atoms with Crippen LogP contribution < -0.4 is 0 Å². The number of hydrogen-bond donors (Lipinski definition) is 2. The van der Waals surface area contributed by atoms with E-state index < -0.39 is 6.09 Å². The molecule has 1 atom stereocenters. The van der Waals surface area contributed by atoms with E-state index >= 15 is 0 Å². The monoisotopic (exact) mass is 297 g/mol. The minimum absolute atomic E-state index is 0.162. The van der Waals surface area contributed by atoms with Gasteiger partial charge in [-0.25, -0.2) is 4.79 Å². The summed E-state index contributed by atoms with van der Waals surface area (Å²) in [4.78, 5) is 15.9. The third-order valence-electron chi connectivity index (χ3n) is 4.40. The summed E-state index contributed by atoms with van der Waals surface area (Å²) >= 11 is 0. The molecule has 114 valence electrons. The van der Waals surface area contributed by atoms with Crippen molar-refractivity contribution in [2.24, 2.45) is 0 Å². The number of aromatic amines is 1. The zero-order valence-electron chi connectivity index (χ0n) is 12.4. The summed E-state index contributed by atoms with van der Waals surface area (Å²) in [5.74, 6) is 0. The van der Waals surface area contributed by atoms with Gasteiger partial charge in [0.15, 0.2) is 0 Å². The van der Waals surface area contributed by atoms with Crippen LogP contribution in [0.5, 0.6) is 0 Å². The Morgan fingerprint density at radius 1 is 1.41 bits per heavy atom. The number of likely N-dealkylation sites (tertiary alicyclic amines) is 1. The first kappa shape index (κ1) is 14.5. The van der Waals surface area contributed by atoms with Crippen molar-refractivity contribution in [2.75, 3.05) is 6.54 Å². The lowest BCUT2D eigenvalue weighted by molar-refractivity contribution is 0.0717. The molecule has 1 aliphatic rings. The predicted molar refractivity (Wildman–Crippen MR) is 83.7 cm³/mol. The lowest BCUT2D eigenvalue weighted by Gasteiger charge is -2.38. The van der Waals surface area contributed by atoms with Crippen molar-refractivity contribution in [3.63, 3.8) is 0 Å². The van der Waals surface area contributed by atoms with Gasteiger partial charge in [-0.05, 0) is 48.8 Å². The Balaban J connectivity index is 1.65. The molecule has 5 heteroatoms. The summed E-state index contributed by atoms with van der Waals surface area (Å²) in [7, 11) is 0. The van der Waals surface area contributed by atoms with Gasteiger partial charge in [0.1, 0.15) is 0 Å². The van der Waals surface area contributed by atoms with E-state index in [4.69, 9.17) is 10.4 Å². The molecule has 0 bridgehead atoms. The standard InChI is InChI=1S/C17H19N3O2/c18-8-1-2-12-3-4-13-11-14(19-16(13)10-12)5-6-15-7-9-20(15)17(21)22/h3-4,10-11,15,19H,1-2,5-7,9H2,(H,21,22)/t15-/m0/s1. The summed E-state index contributed by atoms with van der Waals surface area (Å²) in [6, 6.07) is 10.7. The van der Waals surface area contributed by atoms with Crippen molar-refractivity contribution < 1.29 is 9.90 Å². The highest BCUT2D eigenvalue weighted by Gasteiger charge is 2.31. The Labute approximate surface area is 129 Å². The Kier molecular flexibility index (Phi) is 4.01. The molecule has 1 aromatic carbocycles. The Hall–Kier alpha value is -2.48. The number of nitrogens with one attached hydrogen (secondary N) is 1. The fraction of sp³-hybridized carbons (Fsp3) is 0.412. The van der Waals surface area contributed by atoms with E-state index in [1.54, 1.807) is 0 Å². The molecule has 1 fully saturated rings. The molecular weight excluding hydrogens is 278 g/mol. The maximum atomic E-state index is 11.0. The van der Waals surface area contributed by atoms with Crippen LogP contribution in [0.2, 0.25) is 0 Å². The van der Waals surface area contributed by atoms with Crippen molar-refractivity contribution in [1.82, 2.24) is 9.88 Å². The van der Waals surface area contributed by atoms with E-state index in [2.05, 4.69) is 35.3 Å². The normalized spacial score (nSPS) is 17.2. The van der Waals surface area contributed by atoms with Crippen molar-refractivity contribution >= 4 is 17.0 Å². The summed E-state index contributed by atoms with van der Waals surface area (Å²) in [5, 5.41) is 18.8. The largest absolute Gasteiger partial charge is 0.465 e. The Morgan fingerprint density at radius 2 is 2.27 bits per heavy atom. The van der Waals surface area contributed by atoms with Gasteiger partial charge in [0.05, 0.1) is 6.07 Å². The number of nitrogens with zero attached hydrogens (tertiary/aromatic N) is 2. The van der Waals surface area contributed by atoms with Gasteiger partial charge in [0.2, 0.25) is 0 Å². The second-order valence-electron chi connectivity index (χ2n) is 5.83. The van der Waals surface area contributed by atoms with Gasteiger partial charge in [-0.1, -0.05) is 12.1 Å². The number of carboxylic acid groups (broad SMARTS) is 1. The first-order valence-electron chi connectivity index (χ1n) is 7.64. The number of fused-ring (bicyclic) bond motifs is 1. The molecule has 1 saturated heterocycles. The highest BCUT2D eigenvalue weighted by atomic mass is 16.4. The van der Waals surface area contributed by atoms with Crippen LogP contribution in [0.3, 0.4) is 0 Å². The molecule has 1 aromatic heterocycles. The molecule has 0 unspecified atom stereocenters. The van der Waals surface area contributed by atoms with E-state index in [1.165, 1.54) is 15.8 Å². The van der Waals surface area contributed by atoms with Crippen LogP contribution in [0.1, 0.15) is 30.5 Å². The van der Waals surface area contributed by atoms with E-state index in [9.17, 15) is 4.79 Å². The lowest BCUT2D eigenvalue weighted by Crippen LogP contribution is -2.50. The lowest BCUT2D eigenvalue weighted by atomic mass is 9.98. The number of amides is 1. The van der Waals surface area contributed by atoms with Crippen molar-refractivity contribution in [1.29, 1.82) is 5.26 Å². The van der Waals surface area contributed by atoms with Crippen LogP contribution >= 0.6 is 0 Å². The maximum Gasteiger partial charge on any atom is 0.407 e. The van der Waals surface area contributed by atoms with Crippen molar-refractivity contribution in [3.8, 4) is 6.07 Å². The SMILES string of the molecule is N#CCCc1ccc2cc(CC[C@H]3CCN3C(=O)O)[nH]c2c1. The van der Waals surface area contributed by atoms with Gasteiger partial charge < -0.3 is 15.0 Å². The number of H-pyrrole nitrogens is 1. The summed E-state index contributed by atoms with van der Waals surface area (Å²) < 4.78 is 0. The summed E-state index contributed by atoms with van der Waals surface area (Å²) in [5.41, 5.74) is 3.40. The average molecular weight is 297 g/mol. The third-order valence-corrected chi connectivity index (χ3v) is 4.40. The average Bonchev–Trinajstić information content (AvgIpc) is 2.85. The van der Waals surface area contributed by atoms with Gasteiger partial charge >= 0.3 is 6.09 Å². The second-order valence-corrected chi connectivity index (χ2v) is 5.83. The van der Waals surface area contributed by atoms with Crippen molar-refractivity contribution in [2.45, 2.75) is 38.1 Å². The molecule has 22 heavy (non-hydrogen) atoms. The highest BCUT2D eigenvalue weighted by molar-refractivity contribution is 5.81. The Bertz CT molecular complexity index is 729. The molecule has 0 saturated carbocycles. The number of aryl methyl sites for hydroxylation is 2. The van der Waals surface area contributed by atoms with Crippen LogP contribution in [0.15, 0.2) is 24.3 Å². The number of aromatic nitrogens is 1. The number of nitriles is 1. The van der Waals surface area contributed by atoms with E-state index in [-0.39, 0.29) is 6.04 Å². The van der Waals surface area contributed by atoms with Gasteiger partial charge in [-0.3, -0.25) is 0 Å². The first-order valence-corrected chi connectivity index (χ1v) is 7.64. The minimum Gasteiger partial charge on any atom is -0.465 e. The number of rotatable bonds is 5. The van der Waals surface area contributed by atoms with Crippen LogP contribution in [0.25, 0.3) is 10.9 Å². The summed E-state index contributed by atoms with van der Waals surface area (Å²) in [6.45, 7) is 0.662. The Morgan fingerprint density at radius 3 is 2.95 bits per heavy atom. The molecular formula is C17H19N3O2. The van der Waals surface area contributed by atoms with Crippen LogP contribution in [0.4, 0.5) is 4.79 Å². The molecule has 1 aliphatic heterocycles. The van der Waals surface area contributed by atoms with E-state index in [0.29, 0.717) is 13.0 Å². The minimum atomic E-state index is -0.810. The van der Waals surface area contributed by atoms with E-state index in [1.807, 2.05) is 0 Å². The van der Waals surface area contributed by atoms with Crippen LogP contribution in [-0.2, 0) is 12.8 Å². The first-order chi connectivity index (χ1) is 10.7. The van der Waals surface area contributed by atoms with Gasteiger partial charge in [0.25, 0.3) is 0 Å². The third kappa shape index (κ3) is 2.91. The zero-order valence-corrected chi connectivity index (χ0v) is 12.4. The fourth-order valence-electron chi connectivity index (χ4n) is 3.04. The fourth-order valence-corrected chi connectivity index (χ4v) is 3.04. The smallest absolute Gasteiger partial charge is 0.407 e. The second kappa shape index (κ2) is 6.10. The van der Waals surface area contributed by atoms with Crippen molar-refractivity contribution in [3.05, 3.63) is 35.5 Å². The number of hydrogen-bond acceptors (Lipinski definition) is 2. The molecule has 0 aliphatic carbocycles. The molecule has 5 nitrogen and oxygen atoms in total. The predicted octanol–water partition coefficient (Wildman–Crippen LogP) is 3.31. The molecule has 0 spiro atoms. The highest BCUT2D eigenvalue weighted by Crippen LogP contribution is 2.24. The molecule has 2 aromatic rings. The van der Waals surface area contributed by atoms with E-state index in [0.717, 1.165) is 36.9 Å². The summed E-state index contributed by atoms with van der Waals surface area (Å²) in [6.07, 6.45) is 3.18. The molecule has 0 radical (unpaired) electrons. The molecule has 3 rings (SSSR count). The molecule has 2 heterocycles. The van der Waals surface area contributed by atoms with Crippen LogP contribution in [-0.4, -0.2) is 33.7 Å². The maximum absolute atomic E-state index is 11.0. The van der Waals surface area contributed by atoms with Gasteiger partial charge in [0, 0.05) is 30.2 Å². The van der Waals surface area contributed by atoms with Gasteiger partial charge in [-0.2, -0.15) is 5.26 Å². The molecule has 2 N–H and O–H groups in total. The van der Waals surface area contributed by atoms with Crippen LogP contribution in [0, 0.1) is 11.3 Å². The number of carbonyl (C=O) groups is 1. The topological polar surface area (TPSA) is 80.1 Å². The molecule has 1 amide bonds. The van der Waals surface area contributed by atoms with Gasteiger partial charge in [-0.15, -0.1) is 0 Å².